The molecule has 148 valence electrons. The number of hydrogen-bond donors (Lipinski definition) is 0. The quantitative estimate of drug-likeness (QED) is 0.817. The van der Waals surface area contributed by atoms with Gasteiger partial charge in [0.2, 0.25) is 0 Å². The molecule has 1 atom stereocenters. The van der Waals surface area contributed by atoms with Crippen LogP contribution in [0.4, 0.5) is 4.79 Å². The summed E-state index contributed by atoms with van der Waals surface area (Å²) in [6.07, 6.45) is 7.38. The molecule has 6 heteroatoms. The standard InChI is InChI=1S/C21H31N3O3/c1-18(14-19-4-2-11-27-19)15-22-8-6-21(16-22)5-3-7-24(17-21)20(25)23-9-12-26-13-10-23/h2,4,11,14H,3,5-10,12-13,15-17H2,1H3/b18-14+/t21-/m0/s1. The van der Waals surface area contributed by atoms with Gasteiger partial charge in [-0.3, -0.25) is 4.90 Å². The number of urea groups is 1. The number of piperidine rings is 1. The van der Waals surface area contributed by atoms with Crippen LogP contribution < -0.4 is 0 Å². The normalized spacial score (nSPS) is 27.5. The molecule has 0 aromatic carbocycles. The Morgan fingerprint density at radius 3 is 2.78 bits per heavy atom. The second-order valence-electron chi connectivity index (χ2n) is 8.37. The van der Waals surface area contributed by atoms with Gasteiger partial charge in [-0.15, -0.1) is 0 Å². The first kappa shape index (κ1) is 18.6. The van der Waals surface area contributed by atoms with Crippen molar-refractivity contribution in [1.82, 2.24) is 14.7 Å². The van der Waals surface area contributed by atoms with Gasteiger partial charge in [-0.1, -0.05) is 5.57 Å². The fourth-order valence-corrected chi connectivity index (χ4v) is 4.84. The minimum atomic E-state index is 0.213. The van der Waals surface area contributed by atoms with E-state index in [9.17, 15) is 4.79 Å². The first-order valence-corrected chi connectivity index (χ1v) is 10.2. The number of rotatable bonds is 3. The molecule has 27 heavy (non-hydrogen) atoms. The molecule has 4 heterocycles. The maximum Gasteiger partial charge on any atom is 0.320 e. The predicted molar refractivity (Wildman–Crippen MR) is 104 cm³/mol. The second kappa shape index (κ2) is 8.07. The monoisotopic (exact) mass is 373 g/mol. The molecule has 0 N–H and O–H groups in total. The van der Waals surface area contributed by atoms with E-state index < -0.39 is 0 Å². The number of furan rings is 1. The molecule has 0 aliphatic carbocycles. The third-order valence-corrected chi connectivity index (χ3v) is 6.14. The van der Waals surface area contributed by atoms with Crippen molar-refractivity contribution in [2.24, 2.45) is 5.41 Å². The second-order valence-corrected chi connectivity index (χ2v) is 8.37. The Hall–Kier alpha value is -1.79. The van der Waals surface area contributed by atoms with E-state index in [1.165, 1.54) is 18.4 Å². The van der Waals surface area contributed by atoms with Crippen molar-refractivity contribution in [1.29, 1.82) is 0 Å². The Labute approximate surface area is 161 Å². The summed E-state index contributed by atoms with van der Waals surface area (Å²) in [6.45, 7) is 9.93. The van der Waals surface area contributed by atoms with E-state index in [4.69, 9.17) is 9.15 Å². The zero-order chi connectivity index (χ0) is 18.7. The fraction of sp³-hybridized carbons (Fsp3) is 0.667. The van der Waals surface area contributed by atoms with E-state index in [0.29, 0.717) is 13.2 Å². The molecule has 1 spiro atoms. The zero-order valence-electron chi connectivity index (χ0n) is 16.4. The van der Waals surface area contributed by atoms with Gasteiger partial charge in [0.25, 0.3) is 0 Å². The molecule has 0 radical (unpaired) electrons. The fourth-order valence-electron chi connectivity index (χ4n) is 4.84. The Morgan fingerprint density at radius 1 is 1.15 bits per heavy atom. The van der Waals surface area contributed by atoms with Crippen molar-refractivity contribution < 1.29 is 13.9 Å². The number of nitrogens with zero attached hydrogens (tertiary/aromatic N) is 3. The van der Waals surface area contributed by atoms with Crippen LogP contribution in [0.5, 0.6) is 0 Å². The van der Waals surface area contributed by atoms with Gasteiger partial charge in [-0.05, 0) is 50.9 Å². The number of morpholine rings is 1. The van der Waals surface area contributed by atoms with Crippen LogP contribution in [0.2, 0.25) is 0 Å². The highest BCUT2D eigenvalue weighted by atomic mass is 16.5. The number of hydrogen-bond acceptors (Lipinski definition) is 4. The molecule has 0 bridgehead atoms. The molecule has 3 fully saturated rings. The Kier molecular flexibility index (Phi) is 5.55. The van der Waals surface area contributed by atoms with Crippen molar-refractivity contribution >= 4 is 12.1 Å². The van der Waals surface area contributed by atoms with Gasteiger partial charge < -0.3 is 19.0 Å². The van der Waals surface area contributed by atoms with Crippen LogP contribution in [0, 0.1) is 5.41 Å². The van der Waals surface area contributed by atoms with E-state index in [1.54, 1.807) is 6.26 Å². The smallest absolute Gasteiger partial charge is 0.320 e. The van der Waals surface area contributed by atoms with Crippen molar-refractivity contribution in [3.8, 4) is 0 Å². The highest BCUT2D eigenvalue weighted by molar-refractivity contribution is 5.74. The molecule has 1 aromatic heterocycles. The molecule has 4 rings (SSSR count). The van der Waals surface area contributed by atoms with Crippen LogP contribution in [0.3, 0.4) is 0 Å². The van der Waals surface area contributed by atoms with Crippen LogP contribution in [0.25, 0.3) is 6.08 Å². The van der Waals surface area contributed by atoms with Gasteiger partial charge in [0.05, 0.1) is 19.5 Å². The van der Waals surface area contributed by atoms with Crippen LogP contribution in [-0.2, 0) is 4.74 Å². The lowest BCUT2D eigenvalue weighted by atomic mass is 9.79. The molecule has 1 aromatic rings. The average Bonchev–Trinajstić information content (AvgIpc) is 3.32. The third kappa shape index (κ3) is 4.38. The zero-order valence-corrected chi connectivity index (χ0v) is 16.4. The first-order chi connectivity index (χ1) is 13.1. The Balaban J connectivity index is 1.34. The summed E-state index contributed by atoms with van der Waals surface area (Å²) in [4.78, 5) is 19.5. The Morgan fingerprint density at radius 2 is 2.00 bits per heavy atom. The molecule has 0 saturated carbocycles. The number of carbonyl (C=O) groups excluding carboxylic acids is 1. The van der Waals surface area contributed by atoms with Crippen LogP contribution >= 0.6 is 0 Å². The molecule has 3 aliphatic heterocycles. The van der Waals surface area contributed by atoms with Gasteiger partial charge in [0.15, 0.2) is 0 Å². The predicted octanol–water partition coefficient (Wildman–Crippen LogP) is 2.92. The molecule has 3 aliphatic rings. The largest absolute Gasteiger partial charge is 0.465 e. The SMILES string of the molecule is C/C(=C\c1ccco1)CN1CC[C@@]2(CCCN(C(=O)N3CCOCC3)C2)C1. The third-order valence-electron chi connectivity index (χ3n) is 6.14. The summed E-state index contributed by atoms with van der Waals surface area (Å²) in [5, 5.41) is 0. The van der Waals surface area contributed by atoms with E-state index in [-0.39, 0.29) is 11.4 Å². The average molecular weight is 373 g/mol. The van der Waals surface area contributed by atoms with Crippen LogP contribution in [0.15, 0.2) is 28.4 Å². The van der Waals surface area contributed by atoms with Gasteiger partial charge in [0.1, 0.15) is 5.76 Å². The highest BCUT2D eigenvalue weighted by Gasteiger charge is 2.43. The van der Waals surface area contributed by atoms with Crippen molar-refractivity contribution in [2.45, 2.75) is 26.2 Å². The van der Waals surface area contributed by atoms with Crippen molar-refractivity contribution in [2.75, 3.05) is 59.0 Å². The maximum atomic E-state index is 12.9. The summed E-state index contributed by atoms with van der Waals surface area (Å²) in [5.74, 6) is 0.918. The van der Waals surface area contributed by atoms with Gasteiger partial charge in [-0.2, -0.15) is 0 Å². The van der Waals surface area contributed by atoms with E-state index in [1.807, 2.05) is 17.0 Å². The van der Waals surface area contributed by atoms with Crippen LogP contribution in [0.1, 0.15) is 31.9 Å². The van der Waals surface area contributed by atoms with Gasteiger partial charge in [0, 0.05) is 44.7 Å². The summed E-state index contributed by atoms with van der Waals surface area (Å²) in [7, 11) is 0. The maximum absolute atomic E-state index is 12.9. The minimum absolute atomic E-state index is 0.213. The van der Waals surface area contributed by atoms with E-state index in [0.717, 1.165) is 58.0 Å². The molecular weight excluding hydrogens is 342 g/mol. The van der Waals surface area contributed by atoms with E-state index >= 15 is 0 Å². The number of ether oxygens (including phenoxy) is 1. The number of carbonyl (C=O) groups is 1. The highest BCUT2D eigenvalue weighted by Crippen LogP contribution is 2.39. The lowest BCUT2D eigenvalue weighted by Crippen LogP contribution is -2.54. The number of likely N-dealkylation sites (tertiary alicyclic amines) is 2. The summed E-state index contributed by atoms with van der Waals surface area (Å²) < 4.78 is 10.8. The Bertz CT molecular complexity index is 666. The topological polar surface area (TPSA) is 49.2 Å². The van der Waals surface area contributed by atoms with E-state index in [2.05, 4.69) is 22.8 Å². The van der Waals surface area contributed by atoms with Crippen LogP contribution in [-0.4, -0.2) is 79.8 Å². The molecule has 2 amide bonds. The summed E-state index contributed by atoms with van der Waals surface area (Å²) in [6, 6.07) is 4.13. The van der Waals surface area contributed by atoms with Gasteiger partial charge in [-0.25, -0.2) is 4.79 Å². The first-order valence-electron chi connectivity index (χ1n) is 10.2. The lowest BCUT2D eigenvalue weighted by molar-refractivity contribution is 0.0320. The number of amides is 2. The summed E-state index contributed by atoms with van der Waals surface area (Å²) in [5.41, 5.74) is 1.59. The summed E-state index contributed by atoms with van der Waals surface area (Å²) >= 11 is 0. The van der Waals surface area contributed by atoms with Gasteiger partial charge >= 0.3 is 6.03 Å². The molecule has 6 nitrogen and oxygen atoms in total. The molecule has 0 unspecified atom stereocenters. The van der Waals surface area contributed by atoms with Crippen molar-refractivity contribution in [3.63, 3.8) is 0 Å². The van der Waals surface area contributed by atoms with Crippen molar-refractivity contribution in [3.05, 3.63) is 29.7 Å². The molecular formula is C21H31N3O3. The lowest BCUT2D eigenvalue weighted by Gasteiger charge is -2.42. The molecule has 3 saturated heterocycles. The minimum Gasteiger partial charge on any atom is -0.465 e.